The van der Waals surface area contributed by atoms with Crippen LogP contribution in [0.1, 0.15) is 36.2 Å². The molecule has 0 unspecified atom stereocenters. The Hall–Kier alpha value is -1.35. The Morgan fingerprint density at radius 3 is 2.18 bits per heavy atom. The van der Waals surface area contributed by atoms with E-state index in [1.54, 1.807) is 19.0 Å². The number of rotatable bonds is 4. The normalized spacial score (nSPS) is 11.4. The molecule has 1 aromatic carbocycles. The number of carbonyl (C=O) groups is 1. The maximum atomic E-state index is 11.7. The molecule has 0 spiro atoms. The molecule has 0 fully saturated rings. The topological polar surface area (TPSA) is 46.3 Å². The van der Waals surface area contributed by atoms with Gasteiger partial charge in [0.1, 0.15) is 0 Å². The molecule has 3 nitrogen and oxygen atoms in total. The van der Waals surface area contributed by atoms with E-state index < -0.39 is 0 Å². The molecule has 0 bridgehead atoms. The number of hydrogen-bond acceptors (Lipinski definition) is 2. The van der Waals surface area contributed by atoms with Gasteiger partial charge in [0.15, 0.2) is 0 Å². The van der Waals surface area contributed by atoms with E-state index in [1.165, 1.54) is 5.56 Å². The van der Waals surface area contributed by atoms with Crippen molar-refractivity contribution in [1.82, 2.24) is 4.90 Å². The van der Waals surface area contributed by atoms with E-state index in [4.69, 9.17) is 5.73 Å². The highest BCUT2D eigenvalue weighted by molar-refractivity contribution is 5.93. The van der Waals surface area contributed by atoms with Crippen LogP contribution in [-0.2, 0) is 6.42 Å². The molecule has 0 saturated carbocycles. The largest absolute Gasteiger partial charge is 0.345 e. The fourth-order valence-electron chi connectivity index (χ4n) is 1.54. The average Bonchev–Trinajstić information content (AvgIpc) is 2.25. The van der Waals surface area contributed by atoms with E-state index >= 15 is 0 Å². The van der Waals surface area contributed by atoms with E-state index in [-0.39, 0.29) is 11.4 Å². The average molecular weight is 234 g/mol. The van der Waals surface area contributed by atoms with Gasteiger partial charge in [0.05, 0.1) is 0 Å². The second-order valence-corrected chi connectivity index (χ2v) is 5.39. The minimum Gasteiger partial charge on any atom is -0.345 e. The maximum absolute atomic E-state index is 11.7. The minimum atomic E-state index is -0.141. The molecule has 0 aliphatic rings. The quantitative estimate of drug-likeness (QED) is 0.866. The van der Waals surface area contributed by atoms with Crippen molar-refractivity contribution in [1.29, 1.82) is 0 Å². The van der Waals surface area contributed by atoms with E-state index in [1.807, 2.05) is 38.1 Å². The number of hydrogen-bond donors (Lipinski definition) is 1. The van der Waals surface area contributed by atoms with E-state index in [2.05, 4.69) is 0 Å². The highest BCUT2D eigenvalue weighted by Gasteiger charge is 2.11. The summed E-state index contributed by atoms with van der Waals surface area (Å²) in [7, 11) is 3.51. The molecular weight excluding hydrogens is 212 g/mol. The summed E-state index contributed by atoms with van der Waals surface area (Å²) < 4.78 is 0. The summed E-state index contributed by atoms with van der Waals surface area (Å²) in [5.41, 5.74) is 7.75. The third kappa shape index (κ3) is 4.57. The summed E-state index contributed by atoms with van der Waals surface area (Å²) >= 11 is 0. The molecule has 0 saturated heterocycles. The van der Waals surface area contributed by atoms with E-state index in [0.717, 1.165) is 18.4 Å². The molecule has 94 valence electrons. The lowest BCUT2D eigenvalue weighted by molar-refractivity contribution is 0.0827. The van der Waals surface area contributed by atoms with Gasteiger partial charge in [-0.2, -0.15) is 0 Å². The lowest BCUT2D eigenvalue weighted by Gasteiger charge is -2.18. The van der Waals surface area contributed by atoms with Gasteiger partial charge in [-0.25, -0.2) is 0 Å². The van der Waals surface area contributed by atoms with Gasteiger partial charge < -0.3 is 10.6 Å². The van der Waals surface area contributed by atoms with Crippen LogP contribution in [-0.4, -0.2) is 30.4 Å². The Labute approximate surface area is 104 Å². The fourth-order valence-corrected chi connectivity index (χ4v) is 1.54. The number of nitrogens with zero attached hydrogens (tertiary/aromatic N) is 1. The Kier molecular flexibility index (Phi) is 4.29. The molecule has 17 heavy (non-hydrogen) atoms. The van der Waals surface area contributed by atoms with Gasteiger partial charge in [-0.1, -0.05) is 12.1 Å². The van der Waals surface area contributed by atoms with Gasteiger partial charge in [-0.3, -0.25) is 4.79 Å². The summed E-state index contributed by atoms with van der Waals surface area (Å²) in [6, 6.07) is 7.76. The van der Waals surface area contributed by atoms with Crippen molar-refractivity contribution in [2.24, 2.45) is 5.73 Å². The first kappa shape index (κ1) is 13.7. The lowest BCUT2D eigenvalue weighted by atomic mass is 9.96. The molecule has 3 heteroatoms. The molecule has 0 heterocycles. The SMILES string of the molecule is CN(C)C(=O)c1ccc(CCC(C)(C)N)cc1. The molecule has 1 amide bonds. The van der Waals surface area contributed by atoms with Gasteiger partial charge in [0.25, 0.3) is 5.91 Å². The standard InChI is InChI=1S/C14H22N2O/c1-14(2,15)10-9-11-5-7-12(8-6-11)13(17)16(3)4/h5-8H,9-10,15H2,1-4H3. The number of nitrogens with two attached hydrogens (primary N) is 1. The molecule has 0 aliphatic carbocycles. The fraction of sp³-hybridized carbons (Fsp3) is 0.500. The van der Waals surface area contributed by atoms with E-state index in [0.29, 0.717) is 0 Å². The van der Waals surface area contributed by atoms with Crippen LogP contribution in [0.15, 0.2) is 24.3 Å². The van der Waals surface area contributed by atoms with Crippen molar-refractivity contribution in [2.45, 2.75) is 32.2 Å². The van der Waals surface area contributed by atoms with Crippen LogP contribution >= 0.6 is 0 Å². The number of benzene rings is 1. The van der Waals surface area contributed by atoms with Crippen LogP contribution < -0.4 is 5.73 Å². The van der Waals surface area contributed by atoms with Crippen molar-refractivity contribution in [2.75, 3.05) is 14.1 Å². The summed E-state index contributed by atoms with van der Waals surface area (Å²) in [5, 5.41) is 0. The minimum absolute atomic E-state index is 0.0377. The summed E-state index contributed by atoms with van der Waals surface area (Å²) in [4.78, 5) is 13.3. The highest BCUT2D eigenvalue weighted by atomic mass is 16.2. The Morgan fingerprint density at radius 1 is 1.24 bits per heavy atom. The molecule has 0 atom stereocenters. The summed E-state index contributed by atoms with van der Waals surface area (Å²) in [6.07, 6.45) is 1.88. The highest BCUT2D eigenvalue weighted by Crippen LogP contribution is 2.12. The molecule has 0 aliphatic heterocycles. The first-order valence-electron chi connectivity index (χ1n) is 5.89. The lowest BCUT2D eigenvalue weighted by Crippen LogP contribution is -2.32. The van der Waals surface area contributed by atoms with Gasteiger partial charge >= 0.3 is 0 Å². The van der Waals surface area contributed by atoms with Gasteiger partial charge in [-0.05, 0) is 44.4 Å². The van der Waals surface area contributed by atoms with Crippen molar-refractivity contribution in [3.8, 4) is 0 Å². The monoisotopic (exact) mass is 234 g/mol. The maximum Gasteiger partial charge on any atom is 0.253 e. The molecule has 0 aromatic heterocycles. The van der Waals surface area contributed by atoms with Crippen molar-refractivity contribution >= 4 is 5.91 Å². The smallest absolute Gasteiger partial charge is 0.253 e. The zero-order chi connectivity index (χ0) is 13.1. The van der Waals surface area contributed by atoms with Gasteiger partial charge in [0, 0.05) is 25.2 Å². The van der Waals surface area contributed by atoms with Gasteiger partial charge in [0.2, 0.25) is 0 Å². The number of aryl methyl sites for hydroxylation is 1. The van der Waals surface area contributed by atoms with Crippen LogP contribution in [0, 0.1) is 0 Å². The van der Waals surface area contributed by atoms with E-state index in [9.17, 15) is 4.79 Å². The molecule has 1 rings (SSSR count). The molecule has 0 radical (unpaired) electrons. The third-order valence-corrected chi connectivity index (χ3v) is 2.67. The van der Waals surface area contributed by atoms with Gasteiger partial charge in [-0.15, -0.1) is 0 Å². The van der Waals surface area contributed by atoms with Crippen LogP contribution in [0.25, 0.3) is 0 Å². The van der Waals surface area contributed by atoms with Crippen LogP contribution in [0.3, 0.4) is 0 Å². The predicted octanol–water partition coefficient (Wildman–Crippen LogP) is 2.06. The Balaban J connectivity index is 2.66. The zero-order valence-electron chi connectivity index (χ0n) is 11.2. The predicted molar refractivity (Wildman–Crippen MR) is 71.0 cm³/mol. The number of carbonyl (C=O) groups excluding carboxylic acids is 1. The van der Waals surface area contributed by atoms with Crippen molar-refractivity contribution in [3.05, 3.63) is 35.4 Å². The van der Waals surface area contributed by atoms with Crippen molar-refractivity contribution in [3.63, 3.8) is 0 Å². The second-order valence-electron chi connectivity index (χ2n) is 5.39. The second kappa shape index (κ2) is 5.32. The Morgan fingerprint density at radius 2 is 1.76 bits per heavy atom. The van der Waals surface area contributed by atoms with Crippen LogP contribution in [0.5, 0.6) is 0 Å². The molecule has 2 N–H and O–H groups in total. The van der Waals surface area contributed by atoms with Crippen molar-refractivity contribution < 1.29 is 4.79 Å². The number of amides is 1. The van der Waals surface area contributed by atoms with Crippen LogP contribution in [0.4, 0.5) is 0 Å². The third-order valence-electron chi connectivity index (χ3n) is 2.67. The zero-order valence-corrected chi connectivity index (χ0v) is 11.2. The Bertz CT molecular complexity index is 374. The summed E-state index contributed by atoms with van der Waals surface area (Å²) in [5.74, 6) is 0.0377. The molecule has 1 aromatic rings. The van der Waals surface area contributed by atoms with Crippen LogP contribution in [0.2, 0.25) is 0 Å². The first-order valence-corrected chi connectivity index (χ1v) is 5.89. The molecular formula is C14H22N2O. The summed E-state index contributed by atoms with van der Waals surface area (Å²) in [6.45, 7) is 4.05. The first-order chi connectivity index (χ1) is 7.79.